The Labute approximate surface area is 133 Å². The SMILES string of the molecule is CCOCCN1CCC(C(=O)OCC)(c2ccccc2)CC1. The minimum Gasteiger partial charge on any atom is -0.465 e. The van der Waals surface area contributed by atoms with Crippen molar-refractivity contribution in [2.24, 2.45) is 0 Å². The minimum absolute atomic E-state index is 0.0781. The molecule has 0 aliphatic carbocycles. The van der Waals surface area contributed by atoms with Gasteiger partial charge in [-0.05, 0) is 45.3 Å². The molecule has 0 unspecified atom stereocenters. The number of esters is 1. The molecule has 1 fully saturated rings. The fraction of sp³-hybridized carbons (Fsp3) is 0.611. The highest BCUT2D eigenvalue weighted by atomic mass is 16.5. The Kier molecular flexibility index (Phi) is 6.40. The summed E-state index contributed by atoms with van der Waals surface area (Å²) >= 11 is 0. The van der Waals surface area contributed by atoms with Crippen molar-refractivity contribution in [2.75, 3.05) is 39.5 Å². The van der Waals surface area contributed by atoms with Crippen LogP contribution in [0.1, 0.15) is 32.3 Å². The van der Waals surface area contributed by atoms with Crippen molar-refractivity contribution >= 4 is 5.97 Å². The van der Waals surface area contributed by atoms with Crippen LogP contribution in [0.3, 0.4) is 0 Å². The zero-order chi connectivity index (χ0) is 15.8. The van der Waals surface area contributed by atoms with Crippen LogP contribution in [0.2, 0.25) is 0 Å². The highest BCUT2D eigenvalue weighted by Crippen LogP contribution is 2.36. The number of carbonyl (C=O) groups excluding carboxylic acids is 1. The van der Waals surface area contributed by atoms with Crippen LogP contribution in [0.4, 0.5) is 0 Å². The number of carbonyl (C=O) groups is 1. The number of piperidine rings is 1. The smallest absolute Gasteiger partial charge is 0.316 e. The topological polar surface area (TPSA) is 38.8 Å². The van der Waals surface area contributed by atoms with Crippen molar-refractivity contribution in [2.45, 2.75) is 32.1 Å². The zero-order valence-electron chi connectivity index (χ0n) is 13.7. The highest BCUT2D eigenvalue weighted by Gasteiger charge is 2.43. The third-order valence-electron chi connectivity index (χ3n) is 4.46. The van der Waals surface area contributed by atoms with Gasteiger partial charge in [0, 0.05) is 13.2 Å². The second-order valence-electron chi connectivity index (χ2n) is 5.71. The average Bonchev–Trinajstić information content (AvgIpc) is 2.57. The Morgan fingerprint density at radius 1 is 1.14 bits per heavy atom. The summed E-state index contributed by atoms with van der Waals surface area (Å²) in [6.07, 6.45) is 1.62. The Morgan fingerprint density at radius 3 is 2.41 bits per heavy atom. The highest BCUT2D eigenvalue weighted by molar-refractivity contribution is 5.83. The maximum Gasteiger partial charge on any atom is 0.316 e. The van der Waals surface area contributed by atoms with Gasteiger partial charge in [-0.15, -0.1) is 0 Å². The Balaban J connectivity index is 2.07. The van der Waals surface area contributed by atoms with Crippen molar-refractivity contribution in [3.05, 3.63) is 35.9 Å². The molecule has 0 atom stereocenters. The first-order valence-corrected chi connectivity index (χ1v) is 8.25. The molecule has 2 rings (SSSR count). The van der Waals surface area contributed by atoms with Gasteiger partial charge in [-0.25, -0.2) is 0 Å². The van der Waals surface area contributed by atoms with E-state index in [1.54, 1.807) is 0 Å². The van der Waals surface area contributed by atoms with Gasteiger partial charge >= 0.3 is 5.97 Å². The standard InChI is InChI=1S/C18H27NO3/c1-3-21-15-14-19-12-10-18(11-13-19,17(20)22-4-2)16-8-6-5-7-9-16/h5-9H,3-4,10-15H2,1-2H3. The number of nitrogens with zero attached hydrogens (tertiary/aromatic N) is 1. The first kappa shape index (κ1) is 17.0. The molecule has 1 aromatic rings. The van der Waals surface area contributed by atoms with Crippen LogP contribution in [0.15, 0.2) is 30.3 Å². The molecule has 1 heterocycles. The molecule has 1 aliphatic heterocycles. The maximum atomic E-state index is 12.6. The second-order valence-corrected chi connectivity index (χ2v) is 5.71. The monoisotopic (exact) mass is 305 g/mol. The van der Waals surface area contributed by atoms with Gasteiger partial charge in [0.2, 0.25) is 0 Å². The fourth-order valence-electron chi connectivity index (χ4n) is 3.13. The molecule has 0 aromatic heterocycles. The number of hydrogen-bond donors (Lipinski definition) is 0. The summed E-state index contributed by atoms with van der Waals surface area (Å²) in [7, 11) is 0. The maximum absolute atomic E-state index is 12.6. The molecule has 4 nitrogen and oxygen atoms in total. The van der Waals surface area contributed by atoms with Crippen LogP contribution in [0.5, 0.6) is 0 Å². The van der Waals surface area contributed by atoms with E-state index in [-0.39, 0.29) is 5.97 Å². The lowest BCUT2D eigenvalue weighted by Gasteiger charge is -2.40. The lowest BCUT2D eigenvalue weighted by molar-refractivity contribution is -0.152. The first-order valence-electron chi connectivity index (χ1n) is 8.25. The summed E-state index contributed by atoms with van der Waals surface area (Å²) < 4.78 is 10.8. The van der Waals surface area contributed by atoms with Crippen LogP contribution in [-0.4, -0.2) is 50.3 Å². The van der Waals surface area contributed by atoms with Gasteiger partial charge in [-0.1, -0.05) is 30.3 Å². The van der Waals surface area contributed by atoms with Crippen molar-refractivity contribution < 1.29 is 14.3 Å². The van der Waals surface area contributed by atoms with Crippen molar-refractivity contribution in [1.82, 2.24) is 4.90 Å². The Bertz CT molecular complexity index is 453. The molecule has 0 saturated carbocycles. The van der Waals surface area contributed by atoms with Gasteiger partial charge in [0.05, 0.1) is 18.6 Å². The Morgan fingerprint density at radius 2 is 1.82 bits per heavy atom. The summed E-state index contributed by atoms with van der Waals surface area (Å²) in [5.74, 6) is -0.0781. The van der Waals surface area contributed by atoms with Gasteiger partial charge in [0.15, 0.2) is 0 Å². The predicted molar refractivity (Wildman–Crippen MR) is 86.9 cm³/mol. The number of ether oxygens (including phenoxy) is 2. The van der Waals surface area contributed by atoms with Crippen molar-refractivity contribution in [3.63, 3.8) is 0 Å². The van der Waals surface area contributed by atoms with Crippen molar-refractivity contribution in [1.29, 1.82) is 0 Å². The molecule has 4 heteroatoms. The third-order valence-corrected chi connectivity index (χ3v) is 4.46. The molecule has 122 valence electrons. The quantitative estimate of drug-likeness (QED) is 0.573. The van der Waals surface area contributed by atoms with E-state index in [9.17, 15) is 4.79 Å². The second kappa shape index (κ2) is 8.30. The summed E-state index contributed by atoms with van der Waals surface area (Å²) in [5, 5.41) is 0. The van der Waals surface area contributed by atoms with Gasteiger partial charge in [0.25, 0.3) is 0 Å². The molecular weight excluding hydrogens is 278 g/mol. The number of rotatable bonds is 7. The van der Waals surface area contributed by atoms with E-state index in [0.717, 1.165) is 51.3 Å². The molecule has 22 heavy (non-hydrogen) atoms. The van der Waals surface area contributed by atoms with Crippen molar-refractivity contribution in [3.8, 4) is 0 Å². The molecule has 0 radical (unpaired) electrons. The van der Waals surface area contributed by atoms with E-state index in [1.165, 1.54) is 0 Å². The van der Waals surface area contributed by atoms with Gasteiger partial charge in [0.1, 0.15) is 0 Å². The van der Waals surface area contributed by atoms with E-state index < -0.39 is 5.41 Å². The average molecular weight is 305 g/mol. The Hall–Kier alpha value is -1.39. The molecule has 1 saturated heterocycles. The number of likely N-dealkylation sites (tertiary alicyclic amines) is 1. The van der Waals surface area contributed by atoms with Gasteiger partial charge in [-0.3, -0.25) is 4.79 Å². The van der Waals surface area contributed by atoms with Crippen LogP contribution >= 0.6 is 0 Å². The molecule has 0 spiro atoms. The van der Waals surface area contributed by atoms with Gasteiger partial charge < -0.3 is 14.4 Å². The molecule has 1 aliphatic rings. The van der Waals surface area contributed by atoms with E-state index in [2.05, 4.69) is 4.90 Å². The van der Waals surface area contributed by atoms with Crippen LogP contribution in [0.25, 0.3) is 0 Å². The lowest BCUT2D eigenvalue weighted by Crippen LogP contribution is -2.48. The van der Waals surface area contributed by atoms with E-state index in [0.29, 0.717) is 6.61 Å². The molecule has 0 bridgehead atoms. The molecular formula is C18H27NO3. The normalized spacial score (nSPS) is 18.1. The zero-order valence-corrected chi connectivity index (χ0v) is 13.7. The van der Waals surface area contributed by atoms with Crippen LogP contribution < -0.4 is 0 Å². The number of benzene rings is 1. The first-order chi connectivity index (χ1) is 10.7. The van der Waals surface area contributed by atoms with E-state index >= 15 is 0 Å². The lowest BCUT2D eigenvalue weighted by atomic mass is 9.72. The van der Waals surface area contributed by atoms with Gasteiger partial charge in [-0.2, -0.15) is 0 Å². The van der Waals surface area contributed by atoms with E-state index in [1.807, 2.05) is 44.2 Å². The fourth-order valence-corrected chi connectivity index (χ4v) is 3.13. The predicted octanol–water partition coefficient (Wildman–Crippen LogP) is 2.62. The summed E-state index contributed by atoms with van der Waals surface area (Å²) in [6.45, 7) is 8.56. The minimum atomic E-state index is -0.487. The summed E-state index contributed by atoms with van der Waals surface area (Å²) in [4.78, 5) is 15.0. The number of hydrogen-bond acceptors (Lipinski definition) is 4. The van der Waals surface area contributed by atoms with E-state index in [4.69, 9.17) is 9.47 Å². The largest absolute Gasteiger partial charge is 0.465 e. The van der Waals surface area contributed by atoms with Crippen LogP contribution in [0, 0.1) is 0 Å². The molecule has 0 amide bonds. The summed E-state index contributed by atoms with van der Waals surface area (Å²) in [6, 6.07) is 10.1. The molecule has 0 N–H and O–H groups in total. The third kappa shape index (κ3) is 3.87. The van der Waals surface area contributed by atoms with Crippen LogP contribution in [-0.2, 0) is 19.7 Å². The molecule has 1 aromatic carbocycles. The summed E-state index contributed by atoms with van der Waals surface area (Å²) in [5.41, 5.74) is 0.595.